The Balaban J connectivity index is 2.17. The Morgan fingerprint density at radius 1 is 1.35 bits per heavy atom. The molecule has 0 aliphatic heterocycles. The van der Waals surface area contributed by atoms with E-state index in [-0.39, 0.29) is 11.7 Å². The van der Waals surface area contributed by atoms with Crippen LogP contribution >= 0.6 is 0 Å². The average Bonchev–Trinajstić information content (AvgIpc) is 2.29. The summed E-state index contributed by atoms with van der Waals surface area (Å²) < 4.78 is 0. The van der Waals surface area contributed by atoms with E-state index in [1.165, 1.54) is 18.5 Å². The first-order chi connectivity index (χ1) is 8.15. The maximum Gasteiger partial charge on any atom is 0.257 e. The molecule has 0 atom stereocenters. The van der Waals surface area contributed by atoms with Gasteiger partial charge in [0.15, 0.2) is 0 Å². The van der Waals surface area contributed by atoms with Crippen LogP contribution in [0.1, 0.15) is 16.1 Å². The zero-order valence-electron chi connectivity index (χ0n) is 9.21. The lowest BCUT2D eigenvalue weighted by atomic mass is 10.2. The van der Waals surface area contributed by atoms with E-state index in [4.69, 9.17) is 0 Å². The lowest BCUT2D eigenvalue weighted by molar-refractivity contribution is 0.102. The third kappa shape index (κ3) is 2.78. The number of nitrogens with one attached hydrogen (secondary N) is 1. The molecule has 0 unspecified atom stereocenters. The molecule has 2 aromatic heterocycles. The number of rotatable bonds is 2. The summed E-state index contributed by atoms with van der Waals surface area (Å²) in [7, 11) is 0. The Labute approximate surface area is 98.2 Å². The molecule has 2 rings (SSSR count). The van der Waals surface area contributed by atoms with Gasteiger partial charge in [0.25, 0.3) is 5.91 Å². The number of pyridine rings is 2. The van der Waals surface area contributed by atoms with Gasteiger partial charge in [-0.25, -0.2) is 0 Å². The van der Waals surface area contributed by atoms with Crippen molar-refractivity contribution in [3.63, 3.8) is 0 Å². The fourth-order valence-corrected chi connectivity index (χ4v) is 1.38. The summed E-state index contributed by atoms with van der Waals surface area (Å²) in [5, 5.41) is 11.9. The first-order valence-corrected chi connectivity index (χ1v) is 5.03. The van der Waals surface area contributed by atoms with Crippen LogP contribution < -0.4 is 5.32 Å². The molecule has 0 aliphatic rings. The van der Waals surface area contributed by atoms with E-state index in [1.807, 2.05) is 6.92 Å². The largest absolute Gasteiger partial charge is 0.506 e. The molecule has 0 saturated heterocycles. The minimum Gasteiger partial charge on any atom is -0.506 e. The Kier molecular flexibility index (Phi) is 3.00. The third-order valence-corrected chi connectivity index (χ3v) is 2.14. The second kappa shape index (κ2) is 4.61. The van der Waals surface area contributed by atoms with Gasteiger partial charge in [-0.05, 0) is 25.1 Å². The lowest BCUT2D eigenvalue weighted by Crippen LogP contribution is -2.12. The third-order valence-electron chi connectivity index (χ3n) is 2.14. The summed E-state index contributed by atoms with van der Waals surface area (Å²) in [6.07, 6.45) is 4.28. The van der Waals surface area contributed by atoms with E-state index in [0.717, 1.165) is 5.69 Å². The van der Waals surface area contributed by atoms with Gasteiger partial charge < -0.3 is 10.4 Å². The summed E-state index contributed by atoms with van der Waals surface area (Å²) in [5.41, 5.74) is 1.78. The van der Waals surface area contributed by atoms with Gasteiger partial charge in [0.05, 0.1) is 11.8 Å². The molecule has 0 radical (unpaired) electrons. The van der Waals surface area contributed by atoms with Crippen LogP contribution in [0.2, 0.25) is 0 Å². The highest BCUT2D eigenvalue weighted by molar-refractivity contribution is 6.04. The summed E-state index contributed by atoms with van der Waals surface area (Å²) in [5.74, 6) is -0.359. The molecule has 0 aromatic carbocycles. The van der Waals surface area contributed by atoms with Crippen LogP contribution in [0.25, 0.3) is 0 Å². The zero-order valence-corrected chi connectivity index (χ0v) is 9.21. The Hall–Kier alpha value is -2.43. The topological polar surface area (TPSA) is 75.1 Å². The number of amides is 1. The van der Waals surface area contributed by atoms with Gasteiger partial charge in [0, 0.05) is 23.8 Å². The van der Waals surface area contributed by atoms with Crippen LogP contribution in [0.4, 0.5) is 5.69 Å². The quantitative estimate of drug-likeness (QED) is 0.822. The molecular weight excluding hydrogens is 218 g/mol. The lowest BCUT2D eigenvalue weighted by Gasteiger charge is -2.05. The molecule has 0 fully saturated rings. The number of aromatic hydroxyl groups is 1. The van der Waals surface area contributed by atoms with E-state index < -0.39 is 0 Å². The molecule has 86 valence electrons. The predicted octanol–water partition coefficient (Wildman–Crippen LogP) is 1.74. The van der Waals surface area contributed by atoms with Crippen molar-refractivity contribution in [2.45, 2.75) is 6.92 Å². The van der Waals surface area contributed by atoms with E-state index in [9.17, 15) is 9.90 Å². The Morgan fingerprint density at radius 2 is 2.18 bits per heavy atom. The van der Waals surface area contributed by atoms with Crippen molar-refractivity contribution in [3.8, 4) is 5.75 Å². The second-order valence-corrected chi connectivity index (χ2v) is 3.57. The molecule has 0 spiro atoms. The molecule has 2 aromatic rings. The highest BCUT2D eigenvalue weighted by Gasteiger charge is 2.07. The molecule has 0 aliphatic carbocycles. The van der Waals surface area contributed by atoms with Gasteiger partial charge in [0.1, 0.15) is 5.75 Å². The van der Waals surface area contributed by atoms with Crippen molar-refractivity contribution in [1.82, 2.24) is 9.97 Å². The number of hydrogen-bond acceptors (Lipinski definition) is 4. The zero-order chi connectivity index (χ0) is 12.3. The van der Waals surface area contributed by atoms with Crippen molar-refractivity contribution in [1.29, 1.82) is 0 Å². The SMILES string of the molecule is Cc1cc(NC(=O)c2cncc(O)c2)ccn1. The molecule has 2 heterocycles. The van der Waals surface area contributed by atoms with Crippen molar-refractivity contribution in [2.24, 2.45) is 0 Å². The van der Waals surface area contributed by atoms with Crippen molar-refractivity contribution >= 4 is 11.6 Å². The number of nitrogens with zero attached hydrogens (tertiary/aromatic N) is 2. The molecule has 5 heteroatoms. The van der Waals surface area contributed by atoms with Crippen LogP contribution in [0.15, 0.2) is 36.8 Å². The standard InChI is InChI=1S/C12H11N3O2/c1-8-4-10(2-3-14-8)15-12(17)9-5-11(16)7-13-6-9/h2-7,16H,1H3,(H,14,15,17). The van der Waals surface area contributed by atoms with Crippen molar-refractivity contribution in [2.75, 3.05) is 5.32 Å². The first-order valence-electron chi connectivity index (χ1n) is 5.03. The van der Waals surface area contributed by atoms with Gasteiger partial charge >= 0.3 is 0 Å². The van der Waals surface area contributed by atoms with Crippen LogP contribution in [-0.4, -0.2) is 21.0 Å². The van der Waals surface area contributed by atoms with Crippen LogP contribution in [0, 0.1) is 6.92 Å². The number of carbonyl (C=O) groups excluding carboxylic acids is 1. The average molecular weight is 229 g/mol. The molecule has 0 bridgehead atoms. The Bertz CT molecular complexity index is 555. The molecular formula is C12H11N3O2. The molecule has 2 N–H and O–H groups in total. The van der Waals surface area contributed by atoms with Crippen LogP contribution in [0.5, 0.6) is 5.75 Å². The van der Waals surface area contributed by atoms with Gasteiger partial charge in [-0.15, -0.1) is 0 Å². The van der Waals surface area contributed by atoms with Gasteiger partial charge in [-0.3, -0.25) is 14.8 Å². The highest BCUT2D eigenvalue weighted by atomic mass is 16.3. The fourth-order valence-electron chi connectivity index (χ4n) is 1.38. The smallest absolute Gasteiger partial charge is 0.257 e. The van der Waals surface area contributed by atoms with E-state index in [2.05, 4.69) is 15.3 Å². The maximum atomic E-state index is 11.8. The normalized spacial score (nSPS) is 9.94. The molecule has 5 nitrogen and oxygen atoms in total. The van der Waals surface area contributed by atoms with E-state index in [0.29, 0.717) is 11.3 Å². The second-order valence-electron chi connectivity index (χ2n) is 3.57. The minimum absolute atomic E-state index is 0.0384. The number of aryl methyl sites for hydroxylation is 1. The molecule has 0 saturated carbocycles. The highest BCUT2D eigenvalue weighted by Crippen LogP contribution is 2.12. The van der Waals surface area contributed by atoms with Gasteiger partial charge in [-0.1, -0.05) is 0 Å². The number of hydrogen-bond donors (Lipinski definition) is 2. The maximum absolute atomic E-state index is 11.8. The summed E-state index contributed by atoms with van der Waals surface area (Å²) >= 11 is 0. The Morgan fingerprint density at radius 3 is 2.88 bits per heavy atom. The summed E-state index contributed by atoms with van der Waals surface area (Å²) in [6, 6.07) is 4.81. The van der Waals surface area contributed by atoms with E-state index >= 15 is 0 Å². The van der Waals surface area contributed by atoms with Gasteiger partial charge in [-0.2, -0.15) is 0 Å². The van der Waals surface area contributed by atoms with Crippen LogP contribution in [-0.2, 0) is 0 Å². The number of carbonyl (C=O) groups is 1. The monoisotopic (exact) mass is 229 g/mol. The van der Waals surface area contributed by atoms with E-state index in [1.54, 1.807) is 18.3 Å². The minimum atomic E-state index is -0.320. The summed E-state index contributed by atoms with van der Waals surface area (Å²) in [6.45, 7) is 1.84. The van der Waals surface area contributed by atoms with Crippen molar-refractivity contribution < 1.29 is 9.90 Å². The molecule has 17 heavy (non-hydrogen) atoms. The fraction of sp³-hybridized carbons (Fsp3) is 0.0833. The number of aromatic nitrogens is 2. The van der Waals surface area contributed by atoms with Gasteiger partial charge in [0.2, 0.25) is 0 Å². The number of anilines is 1. The first kappa shape index (κ1) is 11.1. The predicted molar refractivity (Wildman–Crippen MR) is 62.8 cm³/mol. The summed E-state index contributed by atoms with van der Waals surface area (Å²) in [4.78, 5) is 19.6. The van der Waals surface area contributed by atoms with Crippen LogP contribution in [0.3, 0.4) is 0 Å². The van der Waals surface area contributed by atoms with Crippen molar-refractivity contribution in [3.05, 3.63) is 48.0 Å². The molecule has 1 amide bonds.